The van der Waals surface area contributed by atoms with E-state index in [4.69, 9.17) is 15.6 Å². The summed E-state index contributed by atoms with van der Waals surface area (Å²) in [6.07, 6.45) is 0.665. The Kier molecular flexibility index (Phi) is 4.17. The second-order valence-electron chi connectivity index (χ2n) is 3.25. The van der Waals surface area contributed by atoms with Crippen molar-refractivity contribution in [1.29, 1.82) is 0 Å². The van der Waals surface area contributed by atoms with Gasteiger partial charge in [0.15, 0.2) is 11.6 Å². The number of aryl methyl sites for hydroxylation is 1. The normalized spacial score (nSPS) is 10.1. The molecule has 1 rings (SSSR count). The summed E-state index contributed by atoms with van der Waals surface area (Å²) in [6.45, 7) is 2.70. The predicted molar refractivity (Wildman–Crippen MR) is 60.1 cm³/mol. The van der Waals surface area contributed by atoms with Crippen LogP contribution in [0.4, 0.5) is 11.6 Å². The molecule has 84 valence electrons. The van der Waals surface area contributed by atoms with Crippen molar-refractivity contribution in [3.8, 4) is 5.75 Å². The Labute approximate surface area is 89.3 Å². The Morgan fingerprint density at radius 3 is 2.93 bits per heavy atom. The van der Waals surface area contributed by atoms with Crippen LogP contribution in [0.1, 0.15) is 12.0 Å². The van der Waals surface area contributed by atoms with Crippen molar-refractivity contribution in [2.45, 2.75) is 13.3 Å². The third-order valence-electron chi connectivity index (χ3n) is 2.01. The van der Waals surface area contributed by atoms with Gasteiger partial charge in [0.2, 0.25) is 0 Å². The minimum atomic E-state index is 0.149. The van der Waals surface area contributed by atoms with Gasteiger partial charge in [-0.25, -0.2) is 4.98 Å². The maximum Gasteiger partial charge on any atom is 0.171 e. The molecule has 0 bridgehead atoms. The minimum absolute atomic E-state index is 0.149. The molecule has 1 heterocycles. The van der Waals surface area contributed by atoms with Crippen LogP contribution in [0.15, 0.2) is 6.07 Å². The summed E-state index contributed by atoms with van der Waals surface area (Å²) in [4.78, 5) is 4.14. The zero-order chi connectivity index (χ0) is 11.3. The van der Waals surface area contributed by atoms with E-state index in [9.17, 15) is 0 Å². The summed E-state index contributed by atoms with van der Waals surface area (Å²) in [5.74, 6) is 1.78. The van der Waals surface area contributed by atoms with Gasteiger partial charge < -0.3 is 20.9 Å². The van der Waals surface area contributed by atoms with Gasteiger partial charge in [0, 0.05) is 13.2 Å². The van der Waals surface area contributed by atoms with Crippen molar-refractivity contribution in [2.24, 2.45) is 0 Å². The zero-order valence-electron chi connectivity index (χ0n) is 9.08. The highest BCUT2D eigenvalue weighted by atomic mass is 16.5. The fourth-order valence-corrected chi connectivity index (χ4v) is 1.35. The first-order valence-electron chi connectivity index (χ1n) is 4.85. The number of ether oxygens (including phenoxy) is 1. The van der Waals surface area contributed by atoms with Gasteiger partial charge >= 0.3 is 0 Å². The van der Waals surface area contributed by atoms with Crippen LogP contribution < -0.4 is 15.8 Å². The second-order valence-corrected chi connectivity index (χ2v) is 3.25. The topological polar surface area (TPSA) is 80.4 Å². The van der Waals surface area contributed by atoms with Crippen LogP contribution in [-0.2, 0) is 0 Å². The van der Waals surface area contributed by atoms with Crippen LogP contribution >= 0.6 is 0 Å². The molecule has 0 atom stereocenters. The van der Waals surface area contributed by atoms with Crippen LogP contribution in [0.25, 0.3) is 0 Å². The molecule has 15 heavy (non-hydrogen) atoms. The fourth-order valence-electron chi connectivity index (χ4n) is 1.35. The average molecular weight is 211 g/mol. The lowest BCUT2D eigenvalue weighted by atomic mass is 10.2. The van der Waals surface area contributed by atoms with Gasteiger partial charge in [-0.05, 0) is 25.0 Å². The molecule has 5 nitrogen and oxygen atoms in total. The van der Waals surface area contributed by atoms with Gasteiger partial charge in [-0.3, -0.25) is 0 Å². The molecule has 0 aliphatic carbocycles. The molecule has 0 saturated heterocycles. The van der Waals surface area contributed by atoms with Gasteiger partial charge in [-0.15, -0.1) is 0 Å². The molecule has 1 aromatic rings. The number of nitrogens with zero attached hydrogens (tertiary/aromatic N) is 1. The van der Waals surface area contributed by atoms with Gasteiger partial charge in [-0.1, -0.05) is 0 Å². The number of anilines is 2. The Morgan fingerprint density at radius 2 is 2.33 bits per heavy atom. The number of rotatable bonds is 5. The van der Waals surface area contributed by atoms with E-state index in [-0.39, 0.29) is 6.61 Å². The van der Waals surface area contributed by atoms with Crippen molar-refractivity contribution < 1.29 is 9.84 Å². The molecule has 0 amide bonds. The average Bonchev–Trinajstić information content (AvgIpc) is 2.17. The number of methoxy groups -OCH3 is 1. The predicted octanol–water partition coefficient (Wildman–Crippen LogP) is 0.775. The molecule has 0 aliphatic heterocycles. The summed E-state index contributed by atoms with van der Waals surface area (Å²) in [7, 11) is 1.59. The molecular weight excluding hydrogens is 194 g/mol. The monoisotopic (exact) mass is 211 g/mol. The highest BCUT2D eigenvalue weighted by Crippen LogP contribution is 2.27. The van der Waals surface area contributed by atoms with Crippen LogP contribution in [0.2, 0.25) is 0 Å². The number of nitrogen functional groups attached to an aromatic ring is 1. The van der Waals surface area contributed by atoms with Crippen LogP contribution in [0, 0.1) is 6.92 Å². The Bertz CT molecular complexity index is 329. The largest absolute Gasteiger partial charge is 0.493 e. The minimum Gasteiger partial charge on any atom is -0.493 e. The summed E-state index contributed by atoms with van der Waals surface area (Å²) in [5.41, 5.74) is 6.57. The number of pyridine rings is 1. The number of aliphatic hydroxyl groups excluding tert-OH is 1. The molecule has 0 unspecified atom stereocenters. The quantitative estimate of drug-likeness (QED) is 0.627. The molecule has 0 saturated carbocycles. The summed E-state index contributed by atoms with van der Waals surface area (Å²) < 4.78 is 5.22. The van der Waals surface area contributed by atoms with E-state index in [1.165, 1.54) is 0 Å². The Hall–Kier alpha value is -1.49. The zero-order valence-corrected chi connectivity index (χ0v) is 9.08. The smallest absolute Gasteiger partial charge is 0.171 e. The number of nitrogens with one attached hydrogen (secondary N) is 1. The number of aliphatic hydroxyl groups is 1. The van der Waals surface area contributed by atoms with Crippen LogP contribution in [0.5, 0.6) is 5.75 Å². The lowest BCUT2D eigenvalue weighted by Crippen LogP contribution is -2.08. The van der Waals surface area contributed by atoms with E-state index in [2.05, 4.69) is 10.3 Å². The van der Waals surface area contributed by atoms with Crippen molar-refractivity contribution in [2.75, 3.05) is 31.3 Å². The van der Waals surface area contributed by atoms with Crippen molar-refractivity contribution in [3.63, 3.8) is 0 Å². The lowest BCUT2D eigenvalue weighted by molar-refractivity contribution is 0.292. The van der Waals surface area contributed by atoms with Crippen LogP contribution in [-0.4, -0.2) is 30.4 Å². The Morgan fingerprint density at radius 1 is 1.60 bits per heavy atom. The molecule has 0 spiro atoms. The Balaban J connectivity index is 2.84. The standard InChI is InChI=1S/C10H17N3O2/c1-7-6-8(11)13-10(9(7)15-2)12-4-3-5-14/h6,14H,3-5H2,1-2H3,(H3,11,12,13). The molecule has 0 aromatic carbocycles. The SMILES string of the molecule is COc1c(C)cc(N)nc1NCCCO. The molecule has 1 aromatic heterocycles. The third kappa shape index (κ3) is 2.99. The maximum atomic E-state index is 8.66. The van der Waals surface area contributed by atoms with Gasteiger partial charge in [-0.2, -0.15) is 0 Å². The van der Waals surface area contributed by atoms with E-state index in [1.54, 1.807) is 13.2 Å². The summed E-state index contributed by atoms with van der Waals surface area (Å²) in [5, 5.41) is 11.7. The van der Waals surface area contributed by atoms with E-state index in [0.717, 1.165) is 5.56 Å². The number of nitrogens with two attached hydrogens (primary N) is 1. The van der Waals surface area contributed by atoms with Gasteiger partial charge in [0.25, 0.3) is 0 Å². The maximum absolute atomic E-state index is 8.66. The molecule has 0 radical (unpaired) electrons. The fraction of sp³-hybridized carbons (Fsp3) is 0.500. The molecular formula is C10H17N3O2. The molecule has 0 aliphatic rings. The van der Waals surface area contributed by atoms with Gasteiger partial charge in [0.05, 0.1) is 7.11 Å². The first-order valence-corrected chi connectivity index (χ1v) is 4.85. The first kappa shape index (κ1) is 11.6. The molecule has 0 fully saturated rings. The van der Waals surface area contributed by atoms with Gasteiger partial charge in [0.1, 0.15) is 5.82 Å². The number of hydrogen-bond donors (Lipinski definition) is 3. The lowest BCUT2D eigenvalue weighted by Gasteiger charge is -2.12. The van der Waals surface area contributed by atoms with Crippen molar-refractivity contribution in [3.05, 3.63) is 11.6 Å². The third-order valence-corrected chi connectivity index (χ3v) is 2.01. The summed E-state index contributed by atoms with van der Waals surface area (Å²) in [6, 6.07) is 1.76. The van der Waals surface area contributed by atoms with E-state index >= 15 is 0 Å². The molecule has 4 N–H and O–H groups in total. The highest BCUT2D eigenvalue weighted by molar-refractivity contribution is 5.58. The van der Waals surface area contributed by atoms with Crippen molar-refractivity contribution >= 4 is 11.6 Å². The first-order chi connectivity index (χ1) is 7.19. The van der Waals surface area contributed by atoms with Crippen molar-refractivity contribution in [1.82, 2.24) is 4.98 Å². The van der Waals surface area contributed by atoms with E-state index in [0.29, 0.717) is 30.4 Å². The molecule has 5 heteroatoms. The number of hydrogen-bond acceptors (Lipinski definition) is 5. The summed E-state index contributed by atoms with van der Waals surface area (Å²) >= 11 is 0. The number of aromatic nitrogens is 1. The van der Waals surface area contributed by atoms with E-state index < -0.39 is 0 Å². The highest BCUT2D eigenvalue weighted by Gasteiger charge is 2.08. The van der Waals surface area contributed by atoms with E-state index in [1.807, 2.05) is 6.92 Å². The second kappa shape index (κ2) is 5.41. The van der Waals surface area contributed by atoms with Crippen LogP contribution in [0.3, 0.4) is 0 Å².